The van der Waals surface area contributed by atoms with E-state index in [1.165, 1.54) is 18.2 Å². The molecule has 0 aliphatic heterocycles. The first-order chi connectivity index (χ1) is 8.25. The molecule has 5 nitrogen and oxygen atoms in total. The number of hydrogen-bond donors (Lipinski definition) is 1. The van der Waals surface area contributed by atoms with Gasteiger partial charge in [-0.15, -0.1) is 0 Å². The van der Waals surface area contributed by atoms with Crippen molar-refractivity contribution >= 4 is 25.7 Å². The molecule has 18 heavy (non-hydrogen) atoms. The normalized spacial score (nSPS) is 13.1. The first-order valence-corrected chi connectivity index (χ1v) is 7.51. The van der Waals surface area contributed by atoms with E-state index in [9.17, 15) is 13.2 Å². The third-order valence-corrected chi connectivity index (χ3v) is 3.69. The second-order valence-corrected chi connectivity index (χ2v) is 6.28. The van der Waals surface area contributed by atoms with Crippen molar-refractivity contribution in [1.82, 2.24) is 0 Å². The second kappa shape index (κ2) is 5.58. The number of aliphatic carboxylic acids is 1. The molecule has 0 aromatic heterocycles. The molecule has 0 radical (unpaired) electrons. The van der Waals surface area contributed by atoms with E-state index in [0.717, 1.165) is 0 Å². The van der Waals surface area contributed by atoms with Crippen molar-refractivity contribution in [3.8, 4) is 5.75 Å². The standard InChI is InChI=1S/C11H13ClO5S/c1-3-9(11(13)14)17-10-5-4-8(6-7(10)2)18(12,15)16/h4-6,9H,3H2,1-2H3,(H,13,14). The van der Waals surface area contributed by atoms with Crippen LogP contribution < -0.4 is 4.74 Å². The van der Waals surface area contributed by atoms with Gasteiger partial charge in [-0.05, 0) is 37.1 Å². The minimum Gasteiger partial charge on any atom is -0.479 e. The molecule has 1 atom stereocenters. The molecular weight excluding hydrogens is 280 g/mol. The lowest BCUT2D eigenvalue weighted by molar-refractivity contribution is -0.145. The van der Waals surface area contributed by atoms with Gasteiger partial charge in [-0.3, -0.25) is 0 Å². The predicted octanol–water partition coefficient (Wildman–Crippen LogP) is 2.16. The van der Waals surface area contributed by atoms with Gasteiger partial charge in [0.1, 0.15) is 5.75 Å². The maximum Gasteiger partial charge on any atom is 0.344 e. The molecule has 0 aliphatic rings. The van der Waals surface area contributed by atoms with Crippen molar-refractivity contribution in [2.45, 2.75) is 31.3 Å². The summed E-state index contributed by atoms with van der Waals surface area (Å²) in [6.07, 6.45) is -0.646. The lowest BCUT2D eigenvalue weighted by Crippen LogP contribution is -2.26. The SMILES string of the molecule is CCC(Oc1ccc(S(=O)(=O)Cl)cc1C)C(=O)O. The maximum absolute atomic E-state index is 11.1. The van der Waals surface area contributed by atoms with Gasteiger partial charge in [0.25, 0.3) is 9.05 Å². The number of halogens is 1. The van der Waals surface area contributed by atoms with Gasteiger partial charge >= 0.3 is 5.97 Å². The second-order valence-electron chi connectivity index (χ2n) is 3.72. The van der Waals surface area contributed by atoms with Crippen LogP contribution in [0.1, 0.15) is 18.9 Å². The average Bonchev–Trinajstić information content (AvgIpc) is 2.25. The summed E-state index contributed by atoms with van der Waals surface area (Å²) < 4.78 is 27.5. The average molecular weight is 293 g/mol. The summed E-state index contributed by atoms with van der Waals surface area (Å²) in [5.41, 5.74) is 0.511. The first-order valence-electron chi connectivity index (χ1n) is 5.20. The highest BCUT2D eigenvalue weighted by molar-refractivity contribution is 8.13. The van der Waals surface area contributed by atoms with Crippen LogP contribution in [0.2, 0.25) is 0 Å². The topological polar surface area (TPSA) is 80.7 Å². The zero-order valence-electron chi connectivity index (χ0n) is 9.88. The van der Waals surface area contributed by atoms with Crippen LogP contribution in [-0.2, 0) is 13.8 Å². The quantitative estimate of drug-likeness (QED) is 0.841. The molecule has 100 valence electrons. The number of ether oxygens (including phenoxy) is 1. The van der Waals surface area contributed by atoms with Gasteiger partial charge in [-0.2, -0.15) is 0 Å². The van der Waals surface area contributed by atoms with Crippen molar-refractivity contribution in [3.05, 3.63) is 23.8 Å². The summed E-state index contributed by atoms with van der Waals surface area (Å²) in [7, 11) is 1.41. The van der Waals surface area contributed by atoms with Crippen molar-refractivity contribution in [3.63, 3.8) is 0 Å². The zero-order valence-corrected chi connectivity index (χ0v) is 11.5. The highest BCUT2D eigenvalue weighted by atomic mass is 35.7. The summed E-state index contributed by atoms with van der Waals surface area (Å²) in [6.45, 7) is 3.31. The summed E-state index contributed by atoms with van der Waals surface area (Å²) in [5.74, 6) is -0.737. The Morgan fingerprint density at radius 3 is 2.50 bits per heavy atom. The number of hydrogen-bond acceptors (Lipinski definition) is 4. The molecule has 0 spiro atoms. The summed E-state index contributed by atoms with van der Waals surface area (Å²) >= 11 is 0. The Balaban J connectivity index is 3.03. The monoisotopic (exact) mass is 292 g/mol. The number of aryl methyl sites for hydroxylation is 1. The molecule has 0 aliphatic carbocycles. The summed E-state index contributed by atoms with van der Waals surface area (Å²) in [5, 5.41) is 8.87. The smallest absolute Gasteiger partial charge is 0.344 e. The minimum atomic E-state index is -3.79. The molecule has 1 N–H and O–H groups in total. The molecule has 0 fully saturated rings. The van der Waals surface area contributed by atoms with E-state index in [1.54, 1.807) is 13.8 Å². The van der Waals surface area contributed by atoms with Crippen molar-refractivity contribution < 1.29 is 23.1 Å². The number of carboxylic acid groups (broad SMARTS) is 1. The van der Waals surface area contributed by atoms with Crippen LogP contribution >= 0.6 is 10.7 Å². The van der Waals surface area contributed by atoms with Gasteiger partial charge in [0.15, 0.2) is 6.10 Å². The van der Waals surface area contributed by atoms with Gasteiger partial charge in [0.05, 0.1) is 4.90 Å². The molecule has 0 amide bonds. The number of carbonyl (C=O) groups is 1. The number of rotatable bonds is 5. The third kappa shape index (κ3) is 3.61. The Hall–Kier alpha value is -1.27. The third-order valence-electron chi connectivity index (χ3n) is 2.34. The zero-order chi connectivity index (χ0) is 13.9. The molecular formula is C11H13ClO5S. The molecule has 7 heteroatoms. The molecule has 1 aromatic rings. The van der Waals surface area contributed by atoms with E-state index in [2.05, 4.69) is 0 Å². The van der Waals surface area contributed by atoms with Crippen LogP contribution in [0.25, 0.3) is 0 Å². The molecule has 0 bridgehead atoms. The Morgan fingerprint density at radius 1 is 1.50 bits per heavy atom. The van der Waals surface area contributed by atoms with Crippen LogP contribution in [0.4, 0.5) is 0 Å². The molecule has 1 unspecified atom stereocenters. The van der Waals surface area contributed by atoms with Gasteiger partial charge < -0.3 is 9.84 Å². The number of carboxylic acids is 1. The summed E-state index contributed by atoms with van der Waals surface area (Å²) in [6, 6.07) is 4.02. The largest absolute Gasteiger partial charge is 0.479 e. The maximum atomic E-state index is 11.1. The van der Waals surface area contributed by atoms with Gasteiger partial charge in [0, 0.05) is 10.7 Å². The van der Waals surface area contributed by atoms with Crippen LogP contribution in [0, 0.1) is 6.92 Å². The molecule has 0 saturated carbocycles. The minimum absolute atomic E-state index is 0.0441. The Kier molecular flexibility index (Phi) is 4.59. The van der Waals surface area contributed by atoms with Crippen LogP contribution in [0.15, 0.2) is 23.1 Å². The number of benzene rings is 1. The van der Waals surface area contributed by atoms with E-state index in [4.69, 9.17) is 20.5 Å². The van der Waals surface area contributed by atoms with Gasteiger partial charge in [0.2, 0.25) is 0 Å². The van der Waals surface area contributed by atoms with Crippen molar-refractivity contribution in [2.75, 3.05) is 0 Å². The highest BCUT2D eigenvalue weighted by Crippen LogP contribution is 2.25. The van der Waals surface area contributed by atoms with Crippen LogP contribution in [0.3, 0.4) is 0 Å². The van der Waals surface area contributed by atoms with E-state index in [1.807, 2.05) is 0 Å². The van der Waals surface area contributed by atoms with Gasteiger partial charge in [-0.1, -0.05) is 6.92 Å². The Morgan fingerprint density at radius 2 is 2.11 bits per heavy atom. The highest BCUT2D eigenvalue weighted by Gasteiger charge is 2.19. The van der Waals surface area contributed by atoms with Crippen molar-refractivity contribution in [1.29, 1.82) is 0 Å². The van der Waals surface area contributed by atoms with E-state index < -0.39 is 21.1 Å². The first kappa shape index (κ1) is 14.8. The van der Waals surface area contributed by atoms with E-state index >= 15 is 0 Å². The van der Waals surface area contributed by atoms with Crippen LogP contribution in [0.5, 0.6) is 5.75 Å². The Labute approximate surface area is 110 Å². The molecule has 1 aromatic carbocycles. The fraction of sp³-hybridized carbons (Fsp3) is 0.364. The van der Waals surface area contributed by atoms with Crippen molar-refractivity contribution in [2.24, 2.45) is 0 Å². The fourth-order valence-electron chi connectivity index (χ4n) is 1.37. The molecule has 0 saturated heterocycles. The van der Waals surface area contributed by atoms with Crippen LogP contribution in [-0.4, -0.2) is 25.6 Å². The molecule has 0 heterocycles. The lowest BCUT2D eigenvalue weighted by atomic mass is 10.2. The van der Waals surface area contributed by atoms with Gasteiger partial charge in [-0.25, -0.2) is 13.2 Å². The lowest BCUT2D eigenvalue weighted by Gasteiger charge is -2.15. The summed E-state index contributed by atoms with van der Waals surface area (Å²) in [4.78, 5) is 10.8. The predicted molar refractivity (Wildman–Crippen MR) is 66.6 cm³/mol. The fourth-order valence-corrected chi connectivity index (χ4v) is 2.20. The molecule has 1 rings (SSSR count). The Bertz CT molecular complexity index is 553. The van der Waals surface area contributed by atoms with E-state index in [-0.39, 0.29) is 4.90 Å². The van der Waals surface area contributed by atoms with E-state index in [0.29, 0.717) is 17.7 Å².